The Labute approximate surface area is 107 Å². The second-order valence-electron chi connectivity index (χ2n) is 5.04. The van der Waals surface area contributed by atoms with Crippen LogP contribution in [0.2, 0.25) is 0 Å². The minimum absolute atomic E-state index is 0.0546. The standard InChI is InChI=1S/C12H21N3OS/c1-12(2,11-13-4-5-17-11)15-7-9-6-10(16-3)8-14-9/h4-5,9-10,14-15H,6-8H2,1-3H3. The number of nitrogens with one attached hydrogen (secondary N) is 2. The van der Waals surface area contributed by atoms with Crippen molar-refractivity contribution in [3.05, 3.63) is 16.6 Å². The third-order valence-electron chi connectivity index (χ3n) is 3.27. The number of hydrogen-bond acceptors (Lipinski definition) is 5. The van der Waals surface area contributed by atoms with Gasteiger partial charge in [-0.05, 0) is 20.3 Å². The average Bonchev–Trinajstić information content (AvgIpc) is 2.98. The molecule has 0 saturated carbocycles. The van der Waals surface area contributed by atoms with Crippen LogP contribution in [0.25, 0.3) is 0 Å². The Morgan fingerprint density at radius 3 is 3.06 bits per heavy atom. The molecule has 2 N–H and O–H groups in total. The number of aromatic nitrogens is 1. The fourth-order valence-corrected chi connectivity index (χ4v) is 2.84. The molecule has 2 unspecified atom stereocenters. The van der Waals surface area contributed by atoms with Gasteiger partial charge in [0.25, 0.3) is 0 Å². The van der Waals surface area contributed by atoms with Crippen LogP contribution < -0.4 is 10.6 Å². The number of rotatable bonds is 5. The summed E-state index contributed by atoms with van der Waals surface area (Å²) >= 11 is 1.70. The first-order chi connectivity index (χ1) is 8.12. The molecule has 0 aliphatic carbocycles. The first-order valence-corrected chi connectivity index (χ1v) is 6.91. The van der Waals surface area contributed by atoms with Gasteiger partial charge in [-0.1, -0.05) is 0 Å². The molecule has 0 radical (unpaired) electrons. The number of thiazole rings is 1. The van der Waals surface area contributed by atoms with Crippen molar-refractivity contribution in [1.29, 1.82) is 0 Å². The molecular formula is C12H21N3OS. The van der Waals surface area contributed by atoms with Gasteiger partial charge in [-0.2, -0.15) is 0 Å². The molecular weight excluding hydrogens is 234 g/mol. The summed E-state index contributed by atoms with van der Waals surface area (Å²) in [6.45, 7) is 6.26. The fraction of sp³-hybridized carbons (Fsp3) is 0.750. The van der Waals surface area contributed by atoms with Gasteiger partial charge in [-0.25, -0.2) is 4.98 Å². The van der Waals surface area contributed by atoms with Crippen LogP contribution in [0.1, 0.15) is 25.3 Å². The Hall–Kier alpha value is -0.490. The van der Waals surface area contributed by atoms with E-state index >= 15 is 0 Å². The van der Waals surface area contributed by atoms with Gasteiger partial charge in [0, 0.05) is 37.8 Å². The van der Waals surface area contributed by atoms with Gasteiger partial charge >= 0.3 is 0 Å². The van der Waals surface area contributed by atoms with Crippen molar-refractivity contribution in [3.8, 4) is 0 Å². The van der Waals surface area contributed by atoms with E-state index in [1.165, 1.54) is 0 Å². The SMILES string of the molecule is COC1CNC(CNC(C)(C)c2nccs2)C1. The lowest BCUT2D eigenvalue weighted by molar-refractivity contribution is 0.117. The predicted octanol–water partition coefficient (Wildman–Crippen LogP) is 1.34. The summed E-state index contributed by atoms with van der Waals surface area (Å²) in [6.07, 6.45) is 3.31. The van der Waals surface area contributed by atoms with Crippen molar-refractivity contribution in [2.24, 2.45) is 0 Å². The van der Waals surface area contributed by atoms with Crippen LogP contribution in [0.5, 0.6) is 0 Å². The van der Waals surface area contributed by atoms with E-state index in [0.717, 1.165) is 24.5 Å². The van der Waals surface area contributed by atoms with Crippen LogP contribution in [0.15, 0.2) is 11.6 Å². The molecule has 1 aromatic rings. The number of nitrogens with zero attached hydrogens (tertiary/aromatic N) is 1. The molecule has 0 amide bonds. The van der Waals surface area contributed by atoms with Crippen LogP contribution >= 0.6 is 11.3 Å². The lowest BCUT2D eigenvalue weighted by atomic mass is 10.1. The second-order valence-corrected chi connectivity index (χ2v) is 5.94. The van der Waals surface area contributed by atoms with Gasteiger partial charge in [0.15, 0.2) is 0 Å². The van der Waals surface area contributed by atoms with Gasteiger partial charge in [0.05, 0.1) is 11.6 Å². The van der Waals surface area contributed by atoms with E-state index in [2.05, 4.69) is 29.5 Å². The largest absolute Gasteiger partial charge is 0.380 e. The maximum Gasteiger partial charge on any atom is 0.112 e. The normalized spacial score (nSPS) is 25.4. The Morgan fingerprint density at radius 1 is 1.65 bits per heavy atom. The molecule has 2 heterocycles. The van der Waals surface area contributed by atoms with Crippen molar-refractivity contribution in [2.75, 3.05) is 20.2 Å². The summed E-state index contributed by atoms with van der Waals surface area (Å²) in [7, 11) is 1.78. The predicted molar refractivity (Wildman–Crippen MR) is 70.3 cm³/mol. The summed E-state index contributed by atoms with van der Waals surface area (Å²) in [5.41, 5.74) is -0.0546. The monoisotopic (exact) mass is 255 g/mol. The first-order valence-electron chi connectivity index (χ1n) is 6.03. The van der Waals surface area contributed by atoms with E-state index in [9.17, 15) is 0 Å². The molecule has 1 aliphatic rings. The van der Waals surface area contributed by atoms with Crippen LogP contribution in [-0.4, -0.2) is 37.3 Å². The fourth-order valence-electron chi connectivity index (χ4n) is 2.10. The molecule has 1 saturated heterocycles. The highest BCUT2D eigenvalue weighted by Crippen LogP contribution is 2.22. The second kappa shape index (κ2) is 5.44. The zero-order valence-corrected chi connectivity index (χ0v) is 11.5. The maximum absolute atomic E-state index is 5.34. The molecule has 2 rings (SSSR count). The quantitative estimate of drug-likeness (QED) is 0.833. The summed E-state index contributed by atoms with van der Waals surface area (Å²) < 4.78 is 5.34. The van der Waals surface area contributed by atoms with E-state index in [4.69, 9.17) is 4.74 Å². The molecule has 17 heavy (non-hydrogen) atoms. The van der Waals surface area contributed by atoms with Crippen LogP contribution in [0.3, 0.4) is 0 Å². The van der Waals surface area contributed by atoms with E-state index in [1.54, 1.807) is 18.4 Å². The zero-order valence-electron chi connectivity index (χ0n) is 10.7. The Bertz CT molecular complexity index is 340. The Balaban J connectivity index is 1.82. The number of ether oxygens (including phenoxy) is 1. The molecule has 0 bridgehead atoms. The molecule has 1 aliphatic heterocycles. The summed E-state index contributed by atoms with van der Waals surface area (Å²) in [5.74, 6) is 0. The smallest absolute Gasteiger partial charge is 0.112 e. The minimum atomic E-state index is -0.0546. The molecule has 0 aromatic carbocycles. The van der Waals surface area contributed by atoms with Crippen LogP contribution in [0, 0.1) is 0 Å². The first kappa shape index (κ1) is 13.0. The molecule has 0 spiro atoms. The van der Waals surface area contributed by atoms with Gasteiger partial charge in [-0.3, -0.25) is 0 Å². The van der Waals surface area contributed by atoms with E-state index < -0.39 is 0 Å². The Kier molecular flexibility index (Phi) is 4.14. The highest BCUT2D eigenvalue weighted by atomic mass is 32.1. The van der Waals surface area contributed by atoms with Crippen molar-refractivity contribution in [2.45, 2.75) is 38.0 Å². The molecule has 1 fully saturated rings. The third kappa shape index (κ3) is 3.25. The van der Waals surface area contributed by atoms with E-state index in [1.807, 2.05) is 11.6 Å². The van der Waals surface area contributed by atoms with Gasteiger partial charge < -0.3 is 15.4 Å². The minimum Gasteiger partial charge on any atom is -0.380 e. The molecule has 5 heteroatoms. The highest BCUT2D eigenvalue weighted by molar-refractivity contribution is 7.09. The lowest BCUT2D eigenvalue weighted by Crippen LogP contribution is -2.43. The summed E-state index contributed by atoms with van der Waals surface area (Å²) in [4.78, 5) is 4.38. The van der Waals surface area contributed by atoms with Crippen molar-refractivity contribution in [3.63, 3.8) is 0 Å². The van der Waals surface area contributed by atoms with E-state index in [-0.39, 0.29) is 5.54 Å². The number of hydrogen-bond donors (Lipinski definition) is 2. The average molecular weight is 255 g/mol. The topological polar surface area (TPSA) is 46.2 Å². The highest BCUT2D eigenvalue weighted by Gasteiger charge is 2.27. The Morgan fingerprint density at radius 2 is 2.47 bits per heavy atom. The van der Waals surface area contributed by atoms with Crippen molar-refractivity contribution >= 4 is 11.3 Å². The number of methoxy groups -OCH3 is 1. The van der Waals surface area contributed by atoms with Crippen molar-refractivity contribution in [1.82, 2.24) is 15.6 Å². The molecule has 2 atom stereocenters. The van der Waals surface area contributed by atoms with Gasteiger partial charge in [0.2, 0.25) is 0 Å². The van der Waals surface area contributed by atoms with E-state index in [0.29, 0.717) is 12.1 Å². The molecule has 1 aromatic heterocycles. The lowest BCUT2D eigenvalue weighted by Gasteiger charge is -2.26. The van der Waals surface area contributed by atoms with Gasteiger partial charge in [0.1, 0.15) is 5.01 Å². The van der Waals surface area contributed by atoms with Gasteiger partial charge in [-0.15, -0.1) is 11.3 Å². The van der Waals surface area contributed by atoms with Crippen LogP contribution in [-0.2, 0) is 10.3 Å². The molecule has 96 valence electrons. The summed E-state index contributed by atoms with van der Waals surface area (Å²) in [6, 6.07) is 0.499. The van der Waals surface area contributed by atoms with Crippen molar-refractivity contribution < 1.29 is 4.74 Å². The zero-order chi connectivity index (χ0) is 12.3. The molecule has 4 nitrogen and oxygen atoms in total. The third-order valence-corrected chi connectivity index (χ3v) is 4.37. The maximum atomic E-state index is 5.34. The van der Waals surface area contributed by atoms with Crippen LogP contribution in [0.4, 0.5) is 0 Å². The summed E-state index contributed by atoms with van der Waals surface area (Å²) in [5, 5.41) is 10.2.